The van der Waals surface area contributed by atoms with Crippen molar-refractivity contribution in [3.05, 3.63) is 61.3 Å². The molecule has 0 radical (unpaired) electrons. The summed E-state index contributed by atoms with van der Waals surface area (Å²) in [5, 5.41) is 12.7. The van der Waals surface area contributed by atoms with E-state index < -0.39 is 23.2 Å². The number of carbonyl (C=O) groups is 2. The van der Waals surface area contributed by atoms with Gasteiger partial charge < -0.3 is 4.74 Å². The van der Waals surface area contributed by atoms with Crippen LogP contribution in [0.25, 0.3) is 0 Å². The fourth-order valence-electron chi connectivity index (χ4n) is 1.55. The van der Waals surface area contributed by atoms with E-state index in [0.29, 0.717) is 4.88 Å². The summed E-state index contributed by atoms with van der Waals surface area (Å²) in [6, 6.07) is 6.84. The molecule has 6 nitrogen and oxygen atoms in total. The molecule has 1 aromatic heterocycles. The molecule has 0 spiro atoms. The Bertz CT molecular complexity index is 699. The highest BCUT2D eigenvalue weighted by Gasteiger charge is 2.22. The molecule has 0 N–H and O–H groups in total. The van der Waals surface area contributed by atoms with E-state index in [0.717, 1.165) is 12.1 Å². The molecule has 0 fully saturated rings. The van der Waals surface area contributed by atoms with Crippen molar-refractivity contribution < 1.29 is 19.2 Å². The van der Waals surface area contributed by atoms with E-state index in [1.807, 2.05) is 0 Å². The Balaban J connectivity index is 2.12. The van der Waals surface area contributed by atoms with Crippen molar-refractivity contribution >= 4 is 40.4 Å². The molecule has 1 heterocycles. The van der Waals surface area contributed by atoms with E-state index in [-0.39, 0.29) is 16.4 Å². The number of hydrogen-bond acceptors (Lipinski definition) is 6. The minimum atomic E-state index is -0.964. The second-order valence-corrected chi connectivity index (χ2v) is 5.28. The van der Waals surface area contributed by atoms with Crippen molar-refractivity contribution in [2.45, 2.75) is 0 Å². The Morgan fingerprint density at radius 3 is 2.71 bits per heavy atom. The molecule has 0 bridgehead atoms. The molecule has 21 heavy (non-hydrogen) atoms. The normalized spacial score (nSPS) is 10.1. The molecular formula is C13H8ClNO5S. The summed E-state index contributed by atoms with van der Waals surface area (Å²) < 4.78 is 4.81. The molecule has 0 aliphatic heterocycles. The van der Waals surface area contributed by atoms with E-state index in [9.17, 15) is 19.7 Å². The number of Topliss-reactive ketones (excluding diaryl/α,β-unsaturated/α-hetero) is 1. The highest BCUT2D eigenvalue weighted by Crippen LogP contribution is 2.23. The van der Waals surface area contributed by atoms with Crippen molar-refractivity contribution in [2.24, 2.45) is 0 Å². The first-order chi connectivity index (χ1) is 9.99. The Kier molecular flexibility index (Phi) is 4.66. The van der Waals surface area contributed by atoms with Gasteiger partial charge in [0.25, 0.3) is 5.69 Å². The fourth-order valence-corrected chi connectivity index (χ4v) is 2.37. The Labute approximate surface area is 128 Å². The zero-order valence-electron chi connectivity index (χ0n) is 10.4. The van der Waals surface area contributed by atoms with Crippen LogP contribution in [-0.4, -0.2) is 23.3 Å². The lowest BCUT2D eigenvalue weighted by molar-refractivity contribution is -0.385. The fraction of sp³-hybridized carbons (Fsp3) is 0.0769. The highest BCUT2D eigenvalue weighted by atomic mass is 35.5. The summed E-state index contributed by atoms with van der Waals surface area (Å²) >= 11 is 6.93. The number of nitro benzene ring substituents is 1. The summed E-state index contributed by atoms with van der Waals surface area (Å²) in [5.41, 5.74) is -0.709. The average molecular weight is 326 g/mol. The van der Waals surface area contributed by atoms with Gasteiger partial charge in [0.15, 0.2) is 6.61 Å². The molecule has 2 rings (SSSR count). The van der Waals surface area contributed by atoms with Crippen molar-refractivity contribution in [3.8, 4) is 0 Å². The first-order valence-electron chi connectivity index (χ1n) is 5.67. The lowest BCUT2D eigenvalue weighted by Crippen LogP contribution is -2.14. The lowest BCUT2D eigenvalue weighted by atomic mass is 10.2. The molecule has 8 heteroatoms. The van der Waals surface area contributed by atoms with E-state index in [4.69, 9.17) is 16.3 Å². The molecule has 1 aromatic carbocycles. The Morgan fingerprint density at radius 1 is 1.33 bits per heavy atom. The molecule has 108 valence electrons. The number of benzene rings is 1. The van der Waals surface area contributed by atoms with Crippen LogP contribution in [0.1, 0.15) is 20.0 Å². The number of thiophene rings is 1. The number of carbonyl (C=O) groups excluding carboxylic acids is 2. The zero-order chi connectivity index (χ0) is 15.4. The van der Waals surface area contributed by atoms with Gasteiger partial charge in [-0.05, 0) is 23.6 Å². The third-order valence-corrected chi connectivity index (χ3v) is 3.65. The number of nitrogens with zero attached hydrogens (tertiary/aromatic N) is 1. The molecule has 0 unspecified atom stereocenters. The van der Waals surface area contributed by atoms with Crippen LogP contribution in [0, 0.1) is 10.1 Å². The first-order valence-corrected chi connectivity index (χ1v) is 6.92. The quantitative estimate of drug-likeness (QED) is 0.364. The monoisotopic (exact) mass is 325 g/mol. The second kappa shape index (κ2) is 6.47. The van der Waals surface area contributed by atoms with Gasteiger partial charge in [-0.2, -0.15) is 0 Å². The average Bonchev–Trinajstić information content (AvgIpc) is 2.98. The van der Waals surface area contributed by atoms with Gasteiger partial charge in [0, 0.05) is 11.1 Å². The van der Waals surface area contributed by atoms with Gasteiger partial charge in [0.05, 0.1) is 9.80 Å². The maximum Gasteiger partial charge on any atom is 0.345 e. The summed E-state index contributed by atoms with van der Waals surface area (Å²) in [6.45, 7) is -0.483. The lowest BCUT2D eigenvalue weighted by Gasteiger charge is -2.04. The van der Waals surface area contributed by atoms with E-state index in [1.165, 1.54) is 17.4 Å². The molecule has 0 saturated heterocycles. The molecule has 0 aliphatic carbocycles. The van der Waals surface area contributed by atoms with Gasteiger partial charge >= 0.3 is 5.97 Å². The third kappa shape index (κ3) is 3.65. The summed E-state index contributed by atoms with van der Waals surface area (Å²) in [5.74, 6) is -1.34. The van der Waals surface area contributed by atoms with Crippen LogP contribution in [0.15, 0.2) is 35.7 Å². The largest absolute Gasteiger partial charge is 0.453 e. The summed E-state index contributed by atoms with van der Waals surface area (Å²) in [6.07, 6.45) is 0. The van der Waals surface area contributed by atoms with E-state index in [1.54, 1.807) is 17.5 Å². The predicted octanol–water partition coefficient (Wildman–Crippen LogP) is 3.35. The minimum absolute atomic E-state index is 0.164. The van der Waals surface area contributed by atoms with Crippen LogP contribution in [0.3, 0.4) is 0 Å². The van der Waals surface area contributed by atoms with Crippen molar-refractivity contribution in [1.82, 2.24) is 0 Å². The van der Waals surface area contributed by atoms with Gasteiger partial charge in [-0.25, -0.2) is 4.79 Å². The molecule has 2 aromatic rings. The van der Waals surface area contributed by atoms with Crippen molar-refractivity contribution in [3.63, 3.8) is 0 Å². The number of ketones is 1. The van der Waals surface area contributed by atoms with E-state index >= 15 is 0 Å². The second-order valence-electron chi connectivity index (χ2n) is 3.90. The van der Waals surface area contributed by atoms with Gasteiger partial charge in [-0.1, -0.05) is 17.7 Å². The van der Waals surface area contributed by atoms with Crippen molar-refractivity contribution in [1.29, 1.82) is 0 Å². The van der Waals surface area contributed by atoms with Crippen LogP contribution in [0.4, 0.5) is 5.69 Å². The zero-order valence-corrected chi connectivity index (χ0v) is 12.0. The molecule has 0 aliphatic rings. The number of esters is 1. The SMILES string of the molecule is O=C(COC(=O)c1cc(Cl)ccc1[N+](=O)[O-])c1cccs1. The summed E-state index contributed by atoms with van der Waals surface area (Å²) in [4.78, 5) is 34.1. The van der Waals surface area contributed by atoms with Crippen LogP contribution >= 0.6 is 22.9 Å². The number of hydrogen-bond donors (Lipinski definition) is 0. The minimum Gasteiger partial charge on any atom is -0.453 e. The van der Waals surface area contributed by atoms with Gasteiger partial charge in [0.1, 0.15) is 5.56 Å². The molecule has 0 saturated carbocycles. The topological polar surface area (TPSA) is 86.5 Å². The van der Waals surface area contributed by atoms with Crippen LogP contribution in [-0.2, 0) is 4.74 Å². The van der Waals surface area contributed by atoms with Crippen molar-refractivity contribution in [2.75, 3.05) is 6.61 Å². The summed E-state index contributed by atoms with van der Waals surface area (Å²) in [7, 11) is 0. The maximum atomic E-state index is 11.9. The van der Waals surface area contributed by atoms with Crippen LogP contribution < -0.4 is 0 Å². The molecule has 0 atom stereocenters. The Morgan fingerprint density at radius 2 is 2.10 bits per heavy atom. The molecule has 0 amide bonds. The number of rotatable bonds is 5. The van der Waals surface area contributed by atoms with Gasteiger partial charge in [-0.3, -0.25) is 14.9 Å². The molecular weight excluding hydrogens is 318 g/mol. The third-order valence-electron chi connectivity index (χ3n) is 2.51. The smallest absolute Gasteiger partial charge is 0.345 e. The first kappa shape index (κ1) is 15.1. The number of halogens is 1. The Hall–Kier alpha value is -2.25. The maximum absolute atomic E-state index is 11.9. The van der Waals surface area contributed by atoms with Crippen LogP contribution in [0.2, 0.25) is 5.02 Å². The predicted molar refractivity (Wildman–Crippen MR) is 77.0 cm³/mol. The standard InChI is InChI=1S/C13H8ClNO5S/c14-8-3-4-10(15(18)19)9(6-8)13(17)20-7-11(16)12-2-1-5-21-12/h1-6H,7H2. The number of nitro groups is 1. The van der Waals surface area contributed by atoms with Gasteiger partial charge in [-0.15, -0.1) is 11.3 Å². The number of ether oxygens (including phenoxy) is 1. The van der Waals surface area contributed by atoms with Gasteiger partial charge in [0.2, 0.25) is 5.78 Å². The highest BCUT2D eigenvalue weighted by molar-refractivity contribution is 7.12. The van der Waals surface area contributed by atoms with E-state index in [2.05, 4.69) is 0 Å². The van der Waals surface area contributed by atoms with Crippen LogP contribution in [0.5, 0.6) is 0 Å².